The summed E-state index contributed by atoms with van der Waals surface area (Å²) in [4.78, 5) is 25.3. The minimum Gasteiger partial charge on any atom is -0.336 e. The molecule has 0 N–H and O–H groups in total. The number of rotatable bonds is 4. The lowest BCUT2D eigenvalue weighted by Gasteiger charge is -2.17. The molecule has 2 heterocycles. The number of aryl methyl sites for hydroxylation is 2. The zero-order valence-electron chi connectivity index (χ0n) is 14.7. The number of carbonyl (C=O) groups is 1. The van der Waals surface area contributed by atoms with Gasteiger partial charge in [-0.1, -0.05) is 11.6 Å². The van der Waals surface area contributed by atoms with Crippen molar-refractivity contribution in [3.63, 3.8) is 0 Å². The van der Waals surface area contributed by atoms with E-state index in [2.05, 4.69) is 5.10 Å². The fourth-order valence-corrected chi connectivity index (χ4v) is 4.37. The van der Waals surface area contributed by atoms with Gasteiger partial charge in [-0.3, -0.25) is 19.6 Å². The molecule has 0 saturated carbocycles. The maximum Gasteiger partial charge on any atom is 0.270 e. The highest BCUT2D eigenvalue weighted by atomic mass is 35.5. The van der Waals surface area contributed by atoms with Crippen LogP contribution < -0.4 is 0 Å². The molecule has 3 rings (SSSR count). The van der Waals surface area contributed by atoms with E-state index in [9.17, 15) is 14.9 Å². The lowest BCUT2D eigenvalue weighted by molar-refractivity contribution is -0.384. The van der Waals surface area contributed by atoms with Crippen molar-refractivity contribution in [2.75, 3.05) is 7.05 Å². The average Bonchev–Trinajstić information content (AvgIpc) is 3.05. The summed E-state index contributed by atoms with van der Waals surface area (Å²) in [5.41, 5.74) is 2.85. The van der Waals surface area contributed by atoms with Crippen molar-refractivity contribution >= 4 is 44.6 Å². The maximum absolute atomic E-state index is 12.9. The summed E-state index contributed by atoms with van der Waals surface area (Å²) in [6.45, 7) is 4.28. The van der Waals surface area contributed by atoms with Crippen LogP contribution in [-0.2, 0) is 13.6 Å². The zero-order valence-corrected chi connectivity index (χ0v) is 16.3. The van der Waals surface area contributed by atoms with E-state index < -0.39 is 4.92 Å². The van der Waals surface area contributed by atoms with Crippen molar-refractivity contribution in [1.29, 1.82) is 0 Å². The van der Waals surface area contributed by atoms with Crippen molar-refractivity contribution in [3.8, 4) is 0 Å². The van der Waals surface area contributed by atoms with Crippen molar-refractivity contribution in [2.45, 2.75) is 20.4 Å². The van der Waals surface area contributed by atoms with Crippen LogP contribution in [0.5, 0.6) is 0 Å². The van der Waals surface area contributed by atoms with Gasteiger partial charge in [0.1, 0.15) is 4.88 Å². The van der Waals surface area contributed by atoms with E-state index in [0.717, 1.165) is 17.0 Å². The standard InChI is InChI=1S/C17H17ClN4O3S/c1-9-13(10(2)21(4)19-9)8-20(3)17(23)16-15(18)12-6-5-11(22(24)25)7-14(12)26-16/h5-7H,8H2,1-4H3. The Balaban J connectivity index is 1.93. The van der Waals surface area contributed by atoms with Gasteiger partial charge in [-0.25, -0.2) is 0 Å². The molecule has 0 aliphatic rings. The van der Waals surface area contributed by atoms with E-state index in [-0.39, 0.29) is 11.6 Å². The summed E-state index contributed by atoms with van der Waals surface area (Å²) in [5, 5.41) is 16.3. The third kappa shape index (κ3) is 3.06. The Hall–Kier alpha value is -2.45. The Labute approximate surface area is 158 Å². The predicted molar refractivity (Wildman–Crippen MR) is 102 cm³/mol. The number of nitro groups is 1. The summed E-state index contributed by atoms with van der Waals surface area (Å²) >= 11 is 7.54. The fourth-order valence-electron chi connectivity index (χ4n) is 2.83. The van der Waals surface area contributed by atoms with E-state index in [1.165, 1.54) is 23.5 Å². The molecule has 0 unspecified atom stereocenters. The summed E-state index contributed by atoms with van der Waals surface area (Å²) in [5.74, 6) is -0.221. The highest BCUT2D eigenvalue weighted by molar-refractivity contribution is 7.21. The van der Waals surface area contributed by atoms with E-state index in [1.807, 2.05) is 20.9 Å². The normalized spacial score (nSPS) is 11.1. The molecule has 0 fully saturated rings. The number of hydrogen-bond acceptors (Lipinski definition) is 5. The molecule has 0 radical (unpaired) electrons. The molecule has 0 saturated heterocycles. The van der Waals surface area contributed by atoms with Crippen LogP contribution in [0.2, 0.25) is 5.02 Å². The highest BCUT2D eigenvalue weighted by Gasteiger charge is 2.23. The topological polar surface area (TPSA) is 81.3 Å². The number of nitro benzene ring substituents is 1. The Morgan fingerprint density at radius 2 is 2.12 bits per heavy atom. The number of thiophene rings is 1. The molecule has 0 aliphatic carbocycles. The first-order chi connectivity index (χ1) is 12.2. The minimum atomic E-state index is -0.464. The SMILES string of the molecule is Cc1nn(C)c(C)c1CN(C)C(=O)c1sc2cc([N+](=O)[O-])ccc2c1Cl. The molecular weight excluding hydrogens is 376 g/mol. The van der Waals surface area contributed by atoms with Crippen LogP contribution in [0, 0.1) is 24.0 Å². The number of halogens is 1. The number of fused-ring (bicyclic) bond motifs is 1. The van der Waals surface area contributed by atoms with E-state index in [4.69, 9.17) is 11.6 Å². The second-order valence-electron chi connectivity index (χ2n) is 6.12. The molecule has 1 aromatic carbocycles. The van der Waals surface area contributed by atoms with Crippen LogP contribution in [0.1, 0.15) is 26.6 Å². The lowest BCUT2D eigenvalue weighted by Crippen LogP contribution is -2.26. The Kier molecular flexibility index (Phi) is 4.72. The number of hydrogen-bond donors (Lipinski definition) is 0. The van der Waals surface area contributed by atoms with Gasteiger partial charge in [0.05, 0.1) is 15.6 Å². The Bertz CT molecular complexity index is 1040. The highest BCUT2D eigenvalue weighted by Crippen LogP contribution is 2.38. The number of benzene rings is 1. The summed E-state index contributed by atoms with van der Waals surface area (Å²) in [7, 11) is 3.57. The molecule has 136 valence electrons. The number of nitrogens with zero attached hydrogens (tertiary/aromatic N) is 4. The summed E-state index contributed by atoms with van der Waals surface area (Å²) in [6.07, 6.45) is 0. The maximum atomic E-state index is 12.9. The van der Waals surface area contributed by atoms with Gasteiger partial charge in [0.15, 0.2) is 0 Å². The predicted octanol–water partition coefficient (Wildman–Crippen LogP) is 4.09. The van der Waals surface area contributed by atoms with Crippen molar-refractivity contribution in [2.24, 2.45) is 7.05 Å². The number of carbonyl (C=O) groups excluding carboxylic acids is 1. The largest absolute Gasteiger partial charge is 0.336 e. The first-order valence-corrected chi connectivity index (χ1v) is 9.01. The third-order valence-corrected chi connectivity index (χ3v) is 6.06. The van der Waals surface area contributed by atoms with Gasteiger partial charge in [-0.05, 0) is 19.9 Å². The quantitative estimate of drug-likeness (QED) is 0.494. The Morgan fingerprint density at radius 3 is 2.69 bits per heavy atom. The number of aromatic nitrogens is 2. The van der Waals surface area contributed by atoms with Gasteiger partial charge in [-0.15, -0.1) is 11.3 Å². The molecule has 3 aromatic rings. The van der Waals surface area contributed by atoms with E-state index >= 15 is 0 Å². The van der Waals surface area contributed by atoms with Crippen LogP contribution in [0.4, 0.5) is 5.69 Å². The van der Waals surface area contributed by atoms with Gasteiger partial charge < -0.3 is 4.90 Å². The summed E-state index contributed by atoms with van der Waals surface area (Å²) < 4.78 is 2.41. The zero-order chi connectivity index (χ0) is 19.2. The fraction of sp³-hybridized carbons (Fsp3) is 0.294. The first-order valence-electron chi connectivity index (χ1n) is 7.81. The van der Waals surface area contributed by atoms with Gasteiger partial charge in [-0.2, -0.15) is 5.10 Å². The number of amides is 1. The van der Waals surface area contributed by atoms with Crippen LogP contribution >= 0.6 is 22.9 Å². The molecule has 0 aliphatic heterocycles. The van der Waals surface area contributed by atoms with Gasteiger partial charge in [0.2, 0.25) is 0 Å². The van der Waals surface area contributed by atoms with Gasteiger partial charge in [0, 0.05) is 54.1 Å². The first kappa shape index (κ1) is 18.3. The van der Waals surface area contributed by atoms with E-state index in [1.54, 1.807) is 22.7 Å². The van der Waals surface area contributed by atoms with Gasteiger partial charge >= 0.3 is 0 Å². The smallest absolute Gasteiger partial charge is 0.270 e. The minimum absolute atomic E-state index is 0.0237. The molecule has 0 atom stereocenters. The van der Waals surface area contributed by atoms with Crippen LogP contribution in [0.25, 0.3) is 10.1 Å². The van der Waals surface area contributed by atoms with Crippen LogP contribution in [0.3, 0.4) is 0 Å². The molecular formula is C17H17ClN4O3S. The van der Waals surface area contributed by atoms with Crippen molar-refractivity contribution in [1.82, 2.24) is 14.7 Å². The molecule has 1 amide bonds. The molecule has 9 heteroatoms. The van der Waals surface area contributed by atoms with Crippen LogP contribution in [0.15, 0.2) is 18.2 Å². The molecule has 26 heavy (non-hydrogen) atoms. The third-order valence-electron chi connectivity index (χ3n) is 4.42. The molecule has 2 aromatic heterocycles. The number of non-ortho nitro benzene ring substituents is 1. The lowest BCUT2D eigenvalue weighted by atomic mass is 10.2. The molecule has 7 nitrogen and oxygen atoms in total. The monoisotopic (exact) mass is 392 g/mol. The molecule has 0 spiro atoms. The second-order valence-corrected chi connectivity index (χ2v) is 7.55. The van der Waals surface area contributed by atoms with E-state index in [0.29, 0.717) is 26.5 Å². The second kappa shape index (κ2) is 6.69. The van der Waals surface area contributed by atoms with Crippen molar-refractivity contribution < 1.29 is 9.72 Å². The van der Waals surface area contributed by atoms with Crippen molar-refractivity contribution in [3.05, 3.63) is 55.2 Å². The average molecular weight is 393 g/mol. The van der Waals surface area contributed by atoms with Gasteiger partial charge in [0.25, 0.3) is 11.6 Å². The molecule has 0 bridgehead atoms. The Morgan fingerprint density at radius 1 is 1.42 bits per heavy atom. The summed E-state index contributed by atoms with van der Waals surface area (Å²) in [6, 6.07) is 4.41. The van der Waals surface area contributed by atoms with Crippen LogP contribution in [-0.4, -0.2) is 32.6 Å².